The van der Waals surface area contributed by atoms with Crippen LogP contribution in [0.15, 0.2) is 54.6 Å². The fourth-order valence-electron chi connectivity index (χ4n) is 3.90. The van der Waals surface area contributed by atoms with E-state index in [9.17, 15) is 19.2 Å². The quantitative estimate of drug-likeness (QED) is 0.493. The van der Waals surface area contributed by atoms with Crippen molar-refractivity contribution in [3.05, 3.63) is 65.7 Å². The highest BCUT2D eigenvalue weighted by atomic mass is 32.2. The van der Waals surface area contributed by atoms with Crippen molar-refractivity contribution >= 4 is 41.1 Å². The molecule has 2 aromatic rings. The number of benzene rings is 2. The van der Waals surface area contributed by atoms with Crippen LogP contribution >= 0.6 is 11.8 Å². The number of fused-ring (bicyclic) bond motifs is 1. The first-order chi connectivity index (χ1) is 15.9. The molecule has 2 aromatic carbocycles. The second-order valence-electron chi connectivity index (χ2n) is 7.79. The minimum Gasteiger partial charge on any atom is -0.338 e. The van der Waals surface area contributed by atoms with Gasteiger partial charge in [-0.25, -0.2) is 0 Å². The predicted molar refractivity (Wildman–Crippen MR) is 125 cm³/mol. The summed E-state index contributed by atoms with van der Waals surface area (Å²) in [5.74, 6) is -1.15. The molecule has 1 saturated heterocycles. The molecule has 3 unspecified atom stereocenters. The Labute approximate surface area is 195 Å². The second kappa shape index (κ2) is 10.1. The van der Waals surface area contributed by atoms with Crippen LogP contribution in [0.1, 0.15) is 22.8 Å². The third kappa shape index (κ3) is 5.35. The lowest BCUT2D eigenvalue weighted by molar-refractivity contribution is -0.127. The van der Waals surface area contributed by atoms with Crippen LogP contribution in [0.5, 0.6) is 0 Å². The number of amides is 4. The van der Waals surface area contributed by atoms with Crippen LogP contribution in [0.25, 0.3) is 0 Å². The molecule has 2 heterocycles. The zero-order valence-electron chi connectivity index (χ0n) is 18.0. The summed E-state index contributed by atoms with van der Waals surface area (Å²) in [7, 11) is 0. The number of carbonyl (C=O) groups excluding carboxylic acids is 4. The van der Waals surface area contributed by atoms with Crippen LogP contribution in [0, 0.1) is 0 Å². The summed E-state index contributed by atoms with van der Waals surface area (Å²) in [6, 6.07) is 15.3. The number of thioether (sulfide) groups is 1. The van der Waals surface area contributed by atoms with Gasteiger partial charge >= 0.3 is 0 Å². The van der Waals surface area contributed by atoms with Crippen LogP contribution in [0.3, 0.4) is 0 Å². The molecule has 0 radical (unpaired) electrons. The SMILES string of the molecule is CC(=O)NC1NC(SCC(=O)N2CCc3ccccc32)NC(=O)C1NC(=O)c1ccccc1. The number of para-hydroxylation sites is 1. The normalized spacial score (nSPS) is 21.7. The van der Waals surface area contributed by atoms with Gasteiger partial charge in [-0.05, 0) is 30.2 Å². The van der Waals surface area contributed by atoms with Crippen molar-refractivity contribution in [1.29, 1.82) is 0 Å². The van der Waals surface area contributed by atoms with E-state index >= 15 is 0 Å². The Bertz CT molecular complexity index is 1060. The lowest BCUT2D eigenvalue weighted by Crippen LogP contribution is -2.72. The van der Waals surface area contributed by atoms with Gasteiger partial charge < -0.3 is 20.9 Å². The van der Waals surface area contributed by atoms with Crippen molar-refractivity contribution in [1.82, 2.24) is 21.3 Å². The van der Waals surface area contributed by atoms with E-state index in [0.29, 0.717) is 12.1 Å². The number of nitrogens with one attached hydrogen (secondary N) is 4. The van der Waals surface area contributed by atoms with Gasteiger partial charge in [0.15, 0.2) is 0 Å². The van der Waals surface area contributed by atoms with Crippen LogP contribution in [0.2, 0.25) is 0 Å². The van der Waals surface area contributed by atoms with E-state index in [4.69, 9.17) is 0 Å². The van der Waals surface area contributed by atoms with Crippen molar-refractivity contribution < 1.29 is 19.2 Å². The highest BCUT2D eigenvalue weighted by Gasteiger charge is 2.38. The molecule has 10 heteroatoms. The summed E-state index contributed by atoms with van der Waals surface area (Å²) in [6.45, 7) is 1.96. The molecule has 33 heavy (non-hydrogen) atoms. The molecule has 4 rings (SSSR count). The number of nitrogens with zero attached hydrogens (tertiary/aromatic N) is 1. The van der Waals surface area contributed by atoms with Gasteiger partial charge in [-0.1, -0.05) is 36.4 Å². The molecule has 4 N–H and O–H groups in total. The summed E-state index contributed by atoms with van der Waals surface area (Å²) < 4.78 is 0. The maximum Gasteiger partial charge on any atom is 0.252 e. The van der Waals surface area contributed by atoms with Crippen molar-refractivity contribution in [2.24, 2.45) is 0 Å². The summed E-state index contributed by atoms with van der Waals surface area (Å²) >= 11 is 1.22. The van der Waals surface area contributed by atoms with Crippen LogP contribution in [-0.2, 0) is 20.8 Å². The molecule has 0 aliphatic carbocycles. The van der Waals surface area contributed by atoms with Gasteiger partial charge in [0.2, 0.25) is 17.7 Å². The zero-order valence-corrected chi connectivity index (χ0v) is 18.9. The molecule has 0 spiro atoms. The summed E-state index contributed by atoms with van der Waals surface area (Å²) in [6.07, 6.45) is -0.0118. The standard InChI is InChI=1S/C23H25N5O4S/c1-14(29)24-20-19(25-21(31)16-8-3-2-4-9-16)22(32)27-23(26-20)33-13-18(30)28-12-11-15-7-5-6-10-17(15)28/h2-10,19-20,23,26H,11-13H2,1H3,(H,24,29)(H,25,31)(H,27,32). The Kier molecular flexibility index (Phi) is 6.95. The predicted octanol–water partition coefficient (Wildman–Crippen LogP) is 0.573. The van der Waals surface area contributed by atoms with Crippen molar-refractivity contribution in [2.45, 2.75) is 31.0 Å². The average Bonchev–Trinajstić information content (AvgIpc) is 3.24. The van der Waals surface area contributed by atoms with Gasteiger partial charge in [-0.3, -0.25) is 24.5 Å². The van der Waals surface area contributed by atoms with Crippen molar-refractivity contribution in [3.63, 3.8) is 0 Å². The topological polar surface area (TPSA) is 120 Å². The smallest absolute Gasteiger partial charge is 0.252 e. The third-order valence-electron chi connectivity index (χ3n) is 5.46. The Hall–Kier alpha value is -3.37. The monoisotopic (exact) mass is 467 g/mol. The molecule has 0 bridgehead atoms. The highest BCUT2D eigenvalue weighted by Crippen LogP contribution is 2.28. The molecule has 172 valence electrons. The maximum absolute atomic E-state index is 12.8. The Balaban J connectivity index is 1.38. The molecule has 0 saturated carbocycles. The fraction of sp³-hybridized carbons (Fsp3) is 0.304. The molecule has 9 nitrogen and oxygen atoms in total. The minimum absolute atomic E-state index is 0.0587. The molecule has 3 atom stereocenters. The van der Waals surface area contributed by atoms with E-state index in [1.807, 2.05) is 24.3 Å². The number of rotatable bonds is 6. The van der Waals surface area contributed by atoms with E-state index in [2.05, 4.69) is 21.3 Å². The molecular weight excluding hydrogens is 442 g/mol. The van der Waals surface area contributed by atoms with Gasteiger partial charge in [0, 0.05) is 24.7 Å². The van der Waals surface area contributed by atoms with Gasteiger partial charge in [0.25, 0.3) is 5.91 Å². The highest BCUT2D eigenvalue weighted by molar-refractivity contribution is 8.00. The molecular formula is C23H25N5O4S. The van der Waals surface area contributed by atoms with Gasteiger partial charge in [0.1, 0.15) is 17.7 Å². The first-order valence-corrected chi connectivity index (χ1v) is 11.7. The fourth-order valence-corrected chi connectivity index (χ4v) is 4.81. The van der Waals surface area contributed by atoms with Crippen molar-refractivity contribution in [2.75, 3.05) is 17.2 Å². The van der Waals surface area contributed by atoms with E-state index in [1.165, 1.54) is 18.7 Å². The first kappa shape index (κ1) is 22.8. The molecule has 2 aliphatic heterocycles. The summed E-state index contributed by atoms with van der Waals surface area (Å²) in [5, 5.41) is 11.2. The third-order valence-corrected chi connectivity index (χ3v) is 6.46. The summed E-state index contributed by atoms with van der Waals surface area (Å²) in [4.78, 5) is 51.6. The lowest BCUT2D eigenvalue weighted by Gasteiger charge is -2.37. The van der Waals surface area contributed by atoms with E-state index in [0.717, 1.165) is 17.7 Å². The van der Waals surface area contributed by atoms with Crippen molar-refractivity contribution in [3.8, 4) is 0 Å². The Morgan fingerprint density at radius 3 is 2.55 bits per heavy atom. The lowest BCUT2D eigenvalue weighted by atomic mass is 10.1. The molecule has 1 fully saturated rings. The van der Waals surface area contributed by atoms with Crippen LogP contribution in [0.4, 0.5) is 5.69 Å². The van der Waals surface area contributed by atoms with Crippen LogP contribution < -0.4 is 26.2 Å². The molecule has 0 aromatic heterocycles. The minimum atomic E-state index is -1.01. The molecule has 2 aliphatic rings. The number of hydrogen-bond acceptors (Lipinski definition) is 6. The van der Waals surface area contributed by atoms with Gasteiger partial charge in [0.05, 0.1) is 5.75 Å². The van der Waals surface area contributed by atoms with Crippen LogP contribution in [-0.4, -0.2) is 53.6 Å². The number of anilines is 1. The molecule has 4 amide bonds. The van der Waals surface area contributed by atoms with Gasteiger partial charge in [-0.2, -0.15) is 0 Å². The summed E-state index contributed by atoms with van der Waals surface area (Å²) in [5.41, 5.74) is 1.85. The van der Waals surface area contributed by atoms with E-state index in [-0.39, 0.29) is 17.6 Å². The Morgan fingerprint density at radius 2 is 1.79 bits per heavy atom. The number of carbonyl (C=O) groups is 4. The maximum atomic E-state index is 12.8. The van der Waals surface area contributed by atoms with E-state index < -0.39 is 29.5 Å². The zero-order chi connectivity index (χ0) is 23.4. The average molecular weight is 468 g/mol. The second-order valence-corrected chi connectivity index (χ2v) is 8.88. The first-order valence-electron chi connectivity index (χ1n) is 10.6. The largest absolute Gasteiger partial charge is 0.338 e. The number of hydrogen-bond donors (Lipinski definition) is 4. The Morgan fingerprint density at radius 1 is 1.06 bits per heavy atom. The van der Waals surface area contributed by atoms with Gasteiger partial charge in [-0.15, -0.1) is 11.8 Å². The van der Waals surface area contributed by atoms with E-state index in [1.54, 1.807) is 35.2 Å².